The zero-order chi connectivity index (χ0) is 25.5. The topological polar surface area (TPSA) is 85.9 Å². The van der Waals surface area contributed by atoms with Crippen LogP contribution in [-0.2, 0) is 19.6 Å². The number of para-hydroxylation sites is 2. The predicted molar refractivity (Wildman–Crippen MR) is 143 cm³/mol. The maximum Gasteiger partial charge on any atom is 0.439 e. The van der Waals surface area contributed by atoms with Gasteiger partial charge in [0, 0.05) is 24.1 Å². The predicted octanol–water partition coefficient (Wildman–Crippen LogP) is 5.89. The van der Waals surface area contributed by atoms with Gasteiger partial charge in [0.1, 0.15) is 18.2 Å². The quantitative estimate of drug-likeness (QED) is 0.330. The Morgan fingerprint density at radius 1 is 1.08 bits per heavy atom. The summed E-state index contributed by atoms with van der Waals surface area (Å²) in [5.41, 5.74) is 9.47. The molecule has 3 heterocycles. The molecule has 186 valence electrons. The fourth-order valence-corrected chi connectivity index (χ4v) is 5.23. The van der Waals surface area contributed by atoms with Gasteiger partial charge in [0.05, 0.1) is 11.0 Å². The molecule has 0 bridgehead atoms. The summed E-state index contributed by atoms with van der Waals surface area (Å²) >= 11 is 0. The van der Waals surface area contributed by atoms with Gasteiger partial charge in [-0.2, -0.15) is 0 Å². The standard InChI is InChI=1S/C30H28N4O3/c1-4-8-26-31-28-18(2)9-7-11-24(28)34(26)16-20-13-14-22-21(15-20)17-36-25-12-6-5-10-23(25)27(22)19(3)29-32-30(35)37-33-29/h5-7,9-15H,4,8,16-17H2,1-3H3,(H,32,33,35). The van der Waals surface area contributed by atoms with Crippen LogP contribution in [0.25, 0.3) is 22.2 Å². The molecule has 0 fully saturated rings. The van der Waals surface area contributed by atoms with E-state index < -0.39 is 5.76 Å². The second-order valence-electron chi connectivity index (χ2n) is 9.53. The number of allylic oxidation sites excluding steroid dienone is 1. The smallest absolute Gasteiger partial charge is 0.439 e. The van der Waals surface area contributed by atoms with Crippen molar-refractivity contribution >= 4 is 22.2 Å². The van der Waals surface area contributed by atoms with Crippen LogP contribution in [0.15, 0.2) is 70.0 Å². The fraction of sp³-hybridized carbons (Fsp3) is 0.233. The first kappa shape index (κ1) is 23.0. The minimum atomic E-state index is -0.575. The Balaban J connectivity index is 1.48. The first-order chi connectivity index (χ1) is 18.0. The molecule has 7 nitrogen and oxygen atoms in total. The molecule has 1 aliphatic heterocycles. The van der Waals surface area contributed by atoms with Crippen LogP contribution in [0.4, 0.5) is 0 Å². The maximum absolute atomic E-state index is 11.7. The van der Waals surface area contributed by atoms with Crippen molar-refractivity contribution in [2.45, 2.75) is 46.8 Å². The number of H-pyrrole nitrogens is 1. The van der Waals surface area contributed by atoms with Crippen molar-refractivity contribution in [1.29, 1.82) is 0 Å². The second-order valence-corrected chi connectivity index (χ2v) is 9.53. The molecule has 1 N–H and O–H groups in total. The van der Waals surface area contributed by atoms with Crippen molar-refractivity contribution in [3.05, 3.63) is 111 Å². The molecule has 5 aromatic rings. The molecular weight excluding hydrogens is 464 g/mol. The number of hydrogen-bond donors (Lipinski definition) is 1. The highest BCUT2D eigenvalue weighted by molar-refractivity contribution is 5.99. The molecule has 3 aromatic carbocycles. The van der Waals surface area contributed by atoms with Gasteiger partial charge in [-0.3, -0.25) is 9.51 Å². The molecule has 7 heteroatoms. The Morgan fingerprint density at radius 2 is 1.95 bits per heavy atom. The van der Waals surface area contributed by atoms with Crippen molar-refractivity contribution < 1.29 is 9.26 Å². The summed E-state index contributed by atoms with van der Waals surface area (Å²) in [6.07, 6.45) is 1.97. The van der Waals surface area contributed by atoms with Gasteiger partial charge in [0.15, 0.2) is 5.82 Å². The molecule has 0 amide bonds. The first-order valence-corrected chi connectivity index (χ1v) is 12.6. The fourth-order valence-electron chi connectivity index (χ4n) is 5.23. The molecule has 0 unspecified atom stereocenters. The number of aromatic nitrogens is 4. The van der Waals surface area contributed by atoms with Gasteiger partial charge in [-0.15, -0.1) is 0 Å². The number of imidazole rings is 1. The minimum absolute atomic E-state index is 0.413. The van der Waals surface area contributed by atoms with Crippen LogP contribution >= 0.6 is 0 Å². The van der Waals surface area contributed by atoms with Crippen LogP contribution in [0.1, 0.15) is 59.7 Å². The van der Waals surface area contributed by atoms with Crippen LogP contribution in [0, 0.1) is 6.92 Å². The normalized spacial score (nSPS) is 14.1. The number of ether oxygens (including phenoxy) is 1. The highest BCUT2D eigenvalue weighted by atomic mass is 16.5. The zero-order valence-electron chi connectivity index (χ0n) is 21.2. The number of fused-ring (bicyclic) bond motifs is 3. The van der Waals surface area contributed by atoms with Gasteiger partial charge in [0.2, 0.25) is 0 Å². The summed E-state index contributed by atoms with van der Waals surface area (Å²) < 4.78 is 13.4. The molecule has 6 rings (SSSR count). The van der Waals surface area contributed by atoms with Crippen molar-refractivity contribution in [3.8, 4) is 5.75 Å². The maximum atomic E-state index is 11.7. The number of benzene rings is 3. The zero-order valence-corrected chi connectivity index (χ0v) is 21.2. The Bertz CT molecular complexity index is 1720. The second kappa shape index (κ2) is 9.24. The lowest BCUT2D eigenvalue weighted by Gasteiger charge is -2.15. The van der Waals surface area contributed by atoms with Gasteiger partial charge >= 0.3 is 5.76 Å². The van der Waals surface area contributed by atoms with Crippen molar-refractivity contribution in [1.82, 2.24) is 19.7 Å². The van der Waals surface area contributed by atoms with E-state index in [1.165, 1.54) is 11.1 Å². The number of aromatic amines is 1. The van der Waals surface area contributed by atoms with E-state index in [0.29, 0.717) is 12.4 Å². The number of nitrogens with one attached hydrogen (secondary N) is 1. The van der Waals surface area contributed by atoms with Crippen LogP contribution < -0.4 is 10.5 Å². The number of aryl methyl sites for hydroxylation is 2. The summed E-state index contributed by atoms with van der Waals surface area (Å²) in [4.78, 5) is 19.4. The highest BCUT2D eigenvalue weighted by Crippen LogP contribution is 2.40. The van der Waals surface area contributed by atoms with Gasteiger partial charge in [-0.25, -0.2) is 9.78 Å². The Kier molecular flexibility index (Phi) is 5.75. The lowest BCUT2D eigenvalue weighted by Crippen LogP contribution is -2.07. The number of rotatable bonds is 5. The summed E-state index contributed by atoms with van der Waals surface area (Å²) in [7, 11) is 0. The van der Waals surface area contributed by atoms with E-state index >= 15 is 0 Å². The van der Waals surface area contributed by atoms with Crippen LogP contribution in [0.3, 0.4) is 0 Å². The Hall–Kier alpha value is -4.39. The Labute approximate surface area is 214 Å². The van der Waals surface area contributed by atoms with Crippen molar-refractivity contribution in [3.63, 3.8) is 0 Å². The molecule has 0 saturated heterocycles. The highest BCUT2D eigenvalue weighted by Gasteiger charge is 2.23. The molecule has 37 heavy (non-hydrogen) atoms. The average molecular weight is 493 g/mol. The molecule has 0 aliphatic carbocycles. The molecule has 1 aliphatic rings. The molecule has 0 saturated carbocycles. The third-order valence-electron chi connectivity index (χ3n) is 7.02. The van der Waals surface area contributed by atoms with Crippen molar-refractivity contribution in [2.24, 2.45) is 0 Å². The van der Waals surface area contributed by atoms with E-state index in [4.69, 9.17) is 14.2 Å². The first-order valence-electron chi connectivity index (χ1n) is 12.6. The lowest BCUT2D eigenvalue weighted by atomic mass is 9.89. The van der Waals surface area contributed by atoms with Gasteiger partial charge in [0.25, 0.3) is 0 Å². The van der Waals surface area contributed by atoms with E-state index in [0.717, 1.165) is 69.8 Å². The van der Waals surface area contributed by atoms with Crippen LogP contribution in [0.5, 0.6) is 5.75 Å². The third-order valence-corrected chi connectivity index (χ3v) is 7.02. The average Bonchev–Trinajstić information content (AvgIpc) is 3.44. The number of hydrogen-bond acceptors (Lipinski definition) is 5. The van der Waals surface area contributed by atoms with Gasteiger partial charge in [-0.05, 0) is 66.3 Å². The third kappa shape index (κ3) is 4.06. The SMILES string of the molecule is CCCc1nc2c(C)cccc2n1Cc1ccc2c(c1)COc1ccccc1C2=C(C)c1noc(=O)[nH]1. The van der Waals surface area contributed by atoms with E-state index in [1.807, 2.05) is 31.2 Å². The summed E-state index contributed by atoms with van der Waals surface area (Å²) in [5.74, 6) is 1.74. The van der Waals surface area contributed by atoms with Crippen molar-refractivity contribution in [2.75, 3.05) is 0 Å². The largest absolute Gasteiger partial charge is 0.488 e. The Morgan fingerprint density at radius 3 is 2.76 bits per heavy atom. The summed E-state index contributed by atoms with van der Waals surface area (Å²) in [6.45, 7) is 7.42. The molecule has 2 aromatic heterocycles. The molecular formula is C30H28N4O3. The lowest BCUT2D eigenvalue weighted by molar-refractivity contribution is 0.307. The molecule has 0 atom stereocenters. The van der Waals surface area contributed by atoms with Gasteiger partial charge < -0.3 is 9.30 Å². The van der Waals surface area contributed by atoms with E-state index in [2.05, 4.69) is 65.0 Å². The van der Waals surface area contributed by atoms with Crippen LogP contribution in [-0.4, -0.2) is 19.7 Å². The summed E-state index contributed by atoms with van der Waals surface area (Å²) in [5, 5.41) is 3.95. The minimum Gasteiger partial charge on any atom is -0.488 e. The van der Waals surface area contributed by atoms with E-state index in [9.17, 15) is 4.79 Å². The van der Waals surface area contributed by atoms with E-state index in [1.54, 1.807) is 0 Å². The van der Waals surface area contributed by atoms with Gasteiger partial charge in [-0.1, -0.05) is 54.5 Å². The number of nitrogens with zero attached hydrogens (tertiary/aromatic N) is 3. The van der Waals surface area contributed by atoms with E-state index in [-0.39, 0.29) is 0 Å². The molecule has 0 radical (unpaired) electrons. The monoisotopic (exact) mass is 492 g/mol. The molecule has 0 spiro atoms. The van der Waals surface area contributed by atoms with Crippen LogP contribution in [0.2, 0.25) is 0 Å². The summed E-state index contributed by atoms with van der Waals surface area (Å²) in [6, 6.07) is 20.9.